The lowest BCUT2D eigenvalue weighted by Gasteiger charge is -2.14. The average Bonchev–Trinajstić information content (AvgIpc) is 2.39. The molecular weight excluding hydrogens is 241 g/mol. The minimum Gasteiger partial charge on any atom is -0.467 e. The lowest BCUT2D eigenvalue weighted by molar-refractivity contribution is -0.141. The molecule has 18 heavy (non-hydrogen) atoms. The summed E-state index contributed by atoms with van der Waals surface area (Å²) in [4.78, 5) is 22.5. The summed E-state index contributed by atoms with van der Waals surface area (Å²) >= 11 is 0. The van der Waals surface area contributed by atoms with Crippen LogP contribution in [-0.4, -0.2) is 32.2 Å². The lowest BCUT2D eigenvalue weighted by Crippen LogP contribution is -2.27. The van der Waals surface area contributed by atoms with Crippen molar-refractivity contribution >= 4 is 17.6 Å². The van der Waals surface area contributed by atoms with Gasteiger partial charge in [0.1, 0.15) is 11.9 Å². The molecule has 0 aliphatic heterocycles. The molecule has 0 bridgehead atoms. The second-order valence-corrected chi connectivity index (χ2v) is 3.58. The normalized spacial score (nSPS) is 11.6. The summed E-state index contributed by atoms with van der Waals surface area (Å²) in [5.41, 5.74) is 0.231. The molecule has 1 unspecified atom stereocenters. The molecule has 0 amide bonds. The minimum atomic E-state index is -0.725. The van der Waals surface area contributed by atoms with Crippen LogP contribution in [0.5, 0.6) is 0 Å². The van der Waals surface area contributed by atoms with E-state index in [1.165, 1.54) is 33.3 Å². The zero-order chi connectivity index (χ0) is 13.7. The molecule has 0 radical (unpaired) electrons. The van der Waals surface area contributed by atoms with Gasteiger partial charge in [0.25, 0.3) is 0 Å². The minimum absolute atomic E-state index is 0.0378. The fourth-order valence-corrected chi connectivity index (χ4v) is 1.35. The fraction of sp³-hybridized carbons (Fsp3) is 0.333. The molecule has 6 heteroatoms. The number of rotatable bonds is 4. The van der Waals surface area contributed by atoms with Gasteiger partial charge in [-0.25, -0.2) is 14.0 Å². The van der Waals surface area contributed by atoms with Crippen molar-refractivity contribution in [2.24, 2.45) is 0 Å². The maximum Gasteiger partial charge on any atom is 0.337 e. The van der Waals surface area contributed by atoms with E-state index in [1.807, 2.05) is 0 Å². The molecule has 0 aliphatic rings. The van der Waals surface area contributed by atoms with Crippen molar-refractivity contribution in [2.45, 2.75) is 13.0 Å². The van der Waals surface area contributed by atoms with Crippen molar-refractivity contribution in [1.29, 1.82) is 0 Å². The Morgan fingerprint density at radius 3 is 2.50 bits per heavy atom. The summed E-state index contributed by atoms with van der Waals surface area (Å²) in [5, 5.41) is 2.62. The fourth-order valence-electron chi connectivity index (χ4n) is 1.35. The van der Waals surface area contributed by atoms with Crippen LogP contribution in [0.15, 0.2) is 18.2 Å². The zero-order valence-corrected chi connectivity index (χ0v) is 10.3. The molecule has 1 N–H and O–H groups in total. The average molecular weight is 255 g/mol. The van der Waals surface area contributed by atoms with Gasteiger partial charge in [0.05, 0.1) is 25.5 Å². The predicted molar refractivity (Wildman–Crippen MR) is 62.8 cm³/mol. The Morgan fingerprint density at radius 2 is 1.94 bits per heavy atom. The summed E-state index contributed by atoms with van der Waals surface area (Å²) < 4.78 is 22.5. The first-order chi connectivity index (χ1) is 8.49. The second kappa shape index (κ2) is 6.00. The Balaban J connectivity index is 2.94. The van der Waals surface area contributed by atoms with Crippen molar-refractivity contribution in [3.8, 4) is 0 Å². The molecule has 1 aromatic carbocycles. The van der Waals surface area contributed by atoms with Crippen molar-refractivity contribution in [3.05, 3.63) is 29.6 Å². The van der Waals surface area contributed by atoms with E-state index in [4.69, 9.17) is 0 Å². The van der Waals surface area contributed by atoms with Gasteiger partial charge in [-0.1, -0.05) is 0 Å². The molecule has 0 spiro atoms. The third-order valence-electron chi connectivity index (χ3n) is 2.31. The third kappa shape index (κ3) is 3.19. The van der Waals surface area contributed by atoms with E-state index in [1.54, 1.807) is 0 Å². The number of carbonyl (C=O) groups is 2. The first kappa shape index (κ1) is 14.0. The van der Waals surface area contributed by atoms with Gasteiger partial charge < -0.3 is 14.8 Å². The van der Waals surface area contributed by atoms with Crippen molar-refractivity contribution < 1.29 is 23.5 Å². The van der Waals surface area contributed by atoms with Crippen molar-refractivity contribution in [1.82, 2.24) is 0 Å². The molecule has 5 nitrogen and oxygen atoms in total. The van der Waals surface area contributed by atoms with Gasteiger partial charge in [-0.05, 0) is 25.1 Å². The number of esters is 2. The van der Waals surface area contributed by atoms with Crippen LogP contribution in [-0.2, 0) is 14.3 Å². The highest BCUT2D eigenvalue weighted by atomic mass is 19.1. The Labute approximate surface area is 104 Å². The van der Waals surface area contributed by atoms with Crippen molar-refractivity contribution in [2.75, 3.05) is 19.5 Å². The topological polar surface area (TPSA) is 64.6 Å². The largest absolute Gasteiger partial charge is 0.467 e. The number of ether oxygens (including phenoxy) is 2. The van der Waals surface area contributed by atoms with Gasteiger partial charge in [0, 0.05) is 0 Å². The lowest BCUT2D eigenvalue weighted by atomic mass is 10.2. The van der Waals surface area contributed by atoms with Gasteiger partial charge >= 0.3 is 11.9 Å². The Kier molecular flexibility index (Phi) is 4.65. The van der Waals surface area contributed by atoms with Crippen LogP contribution in [0.2, 0.25) is 0 Å². The standard InChI is InChI=1S/C12H14FNO4/c1-7(11(15)17-2)14-10-6-8(12(16)18-3)4-5-9(10)13/h4-7,14H,1-3H3. The highest BCUT2D eigenvalue weighted by Crippen LogP contribution is 2.18. The van der Waals surface area contributed by atoms with E-state index in [2.05, 4.69) is 14.8 Å². The molecule has 0 heterocycles. The summed E-state index contributed by atoms with van der Waals surface area (Å²) in [7, 11) is 2.47. The number of methoxy groups -OCH3 is 2. The molecule has 0 aliphatic carbocycles. The first-order valence-electron chi connectivity index (χ1n) is 5.21. The maximum atomic E-state index is 13.5. The highest BCUT2D eigenvalue weighted by Gasteiger charge is 2.16. The van der Waals surface area contributed by atoms with E-state index in [0.29, 0.717) is 0 Å². The summed E-state index contributed by atoms with van der Waals surface area (Å²) in [5.74, 6) is -1.68. The van der Waals surface area contributed by atoms with Gasteiger partial charge in [-0.2, -0.15) is 0 Å². The van der Waals surface area contributed by atoms with Crippen LogP contribution in [0.1, 0.15) is 17.3 Å². The Bertz CT molecular complexity index is 461. The van der Waals surface area contributed by atoms with Crippen LogP contribution in [0, 0.1) is 5.82 Å². The third-order valence-corrected chi connectivity index (χ3v) is 2.31. The molecule has 1 atom stereocenters. The van der Waals surface area contributed by atoms with Crippen LogP contribution >= 0.6 is 0 Å². The smallest absolute Gasteiger partial charge is 0.337 e. The van der Waals surface area contributed by atoms with Crippen molar-refractivity contribution in [3.63, 3.8) is 0 Å². The quantitative estimate of drug-likeness (QED) is 0.827. The number of nitrogens with one attached hydrogen (secondary N) is 1. The monoisotopic (exact) mass is 255 g/mol. The van der Waals surface area contributed by atoms with E-state index in [-0.39, 0.29) is 11.3 Å². The number of carbonyl (C=O) groups excluding carboxylic acids is 2. The van der Waals surface area contributed by atoms with Gasteiger partial charge in [0.15, 0.2) is 0 Å². The number of benzene rings is 1. The van der Waals surface area contributed by atoms with E-state index >= 15 is 0 Å². The zero-order valence-electron chi connectivity index (χ0n) is 10.3. The van der Waals surface area contributed by atoms with Crippen LogP contribution in [0.4, 0.5) is 10.1 Å². The SMILES string of the molecule is COC(=O)c1ccc(F)c(NC(C)C(=O)OC)c1. The molecule has 1 aromatic rings. The van der Waals surface area contributed by atoms with Gasteiger partial charge in [0.2, 0.25) is 0 Å². The Morgan fingerprint density at radius 1 is 1.28 bits per heavy atom. The number of hydrogen-bond donors (Lipinski definition) is 1. The Hall–Kier alpha value is -2.11. The molecule has 0 saturated carbocycles. The number of anilines is 1. The number of hydrogen-bond acceptors (Lipinski definition) is 5. The second-order valence-electron chi connectivity index (χ2n) is 3.58. The highest BCUT2D eigenvalue weighted by molar-refractivity contribution is 5.90. The molecule has 1 rings (SSSR count). The predicted octanol–water partition coefficient (Wildman–Crippen LogP) is 1.59. The van der Waals surface area contributed by atoms with Crippen LogP contribution < -0.4 is 5.32 Å². The van der Waals surface area contributed by atoms with Gasteiger partial charge in [-0.3, -0.25) is 0 Å². The summed E-state index contributed by atoms with van der Waals surface area (Å²) in [6.07, 6.45) is 0. The molecule has 0 aromatic heterocycles. The summed E-state index contributed by atoms with van der Waals surface area (Å²) in [6, 6.07) is 2.98. The van der Waals surface area contributed by atoms with Crippen LogP contribution in [0.25, 0.3) is 0 Å². The van der Waals surface area contributed by atoms with Crippen LogP contribution in [0.3, 0.4) is 0 Å². The van der Waals surface area contributed by atoms with E-state index < -0.39 is 23.8 Å². The van der Waals surface area contributed by atoms with Gasteiger partial charge in [-0.15, -0.1) is 0 Å². The summed E-state index contributed by atoms with van der Waals surface area (Å²) in [6.45, 7) is 1.52. The molecule has 0 saturated heterocycles. The van der Waals surface area contributed by atoms with E-state index in [0.717, 1.165) is 6.07 Å². The molecule has 98 valence electrons. The first-order valence-corrected chi connectivity index (χ1v) is 5.21. The molecular formula is C12H14FNO4. The maximum absolute atomic E-state index is 13.5. The number of halogens is 1. The molecule has 0 fully saturated rings. The van der Waals surface area contributed by atoms with E-state index in [9.17, 15) is 14.0 Å².